The number of rotatable bonds is 7. The summed E-state index contributed by atoms with van der Waals surface area (Å²) in [6, 6.07) is 6.10. The van der Waals surface area contributed by atoms with Gasteiger partial charge in [0.2, 0.25) is 0 Å². The van der Waals surface area contributed by atoms with Crippen LogP contribution in [0, 0.1) is 15.5 Å². The molecular weight excluding hydrogens is 334 g/mol. The van der Waals surface area contributed by atoms with Crippen molar-refractivity contribution in [3.63, 3.8) is 0 Å². The second kappa shape index (κ2) is 7.62. The largest absolute Gasteiger partial charge is 0.416 e. The van der Waals surface area contributed by atoms with Gasteiger partial charge in [-0.1, -0.05) is 40.7 Å². The molecule has 0 fully saturated rings. The first-order valence-corrected chi connectivity index (χ1v) is 11.3. The molecule has 138 valence electrons. The summed E-state index contributed by atoms with van der Waals surface area (Å²) in [5, 5.41) is 10.8. The molecule has 0 aliphatic rings. The summed E-state index contributed by atoms with van der Waals surface area (Å²) in [7, 11) is -1.90. The lowest BCUT2D eigenvalue weighted by molar-refractivity contribution is -0.384. The van der Waals surface area contributed by atoms with E-state index in [0.717, 1.165) is 5.56 Å². The highest BCUT2D eigenvalue weighted by atomic mass is 28.4. The van der Waals surface area contributed by atoms with Gasteiger partial charge in [0, 0.05) is 24.2 Å². The Morgan fingerprint density at radius 2 is 1.68 bits per heavy atom. The maximum Gasteiger partial charge on any atom is 0.269 e. The molecule has 0 atom stereocenters. The van der Waals surface area contributed by atoms with Gasteiger partial charge in [0.1, 0.15) is 0 Å². The molecule has 1 aromatic carbocycles. The Balaban J connectivity index is 2.75. The van der Waals surface area contributed by atoms with E-state index >= 15 is 0 Å². The number of carbonyl (C=O) groups excluding carboxylic acids is 1. The van der Waals surface area contributed by atoms with Crippen LogP contribution in [0.15, 0.2) is 30.3 Å². The zero-order valence-corrected chi connectivity index (χ0v) is 17.3. The number of hydrogen-bond donors (Lipinski definition) is 0. The summed E-state index contributed by atoms with van der Waals surface area (Å²) in [5.41, 5.74) is 0.166. The number of hydrogen-bond acceptors (Lipinski definition) is 4. The SMILES string of the molecule is CC(C)(CO[Si](C)(C)C(C)(C)C)C(=O)/C=C/c1ccc([N+](=O)[O-])cc1. The number of nitrogens with zero attached hydrogens (tertiary/aromatic N) is 1. The van der Waals surface area contributed by atoms with Crippen molar-refractivity contribution < 1.29 is 14.1 Å². The Labute approximate surface area is 151 Å². The Morgan fingerprint density at radius 3 is 2.12 bits per heavy atom. The van der Waals surface area contributed by atoms with E-state index in [9.17, 15) is 14.9 Å². The Bertz CT molecular complexity index is 655. The maximum atomic E-state index is 12.5. The molecule has 6 heteroatoms. The summed E-state index contributed by atoms with van der Waals surface area (Å²) in [6.07, 6.45) is 3.20. The van der Waals surface area contributed by atoms with Gasteiger partial charge in [-0.2, -0.15) is 0 Å². The molecule has 0 heterocycles. The van der Waals surface area contributed by atoms with Crippen LogP contribution in [0.3, 0.4) is 0 Å². The molecule has 0 spiro atoms. The molecule has 1 aromatic rings. The minimum absolute atomic E-state index is 0.0236. The topological polar surface area (TPSA) is 69.4 Å². The standard InChI is InChI=1S/C19H29NO4Si/c1-18(2,3)25(6,7)24-14-19(4,5)17(21)13-10-15-8-11-16(12-9-15)20(22)23/h8-13H,14H2,1-7H3/b13-10+. The van der Waals surface area contributed by atoms with E-state index in [1.165, 1.54) is 18.2 Å². The molecule has 0 saturated heterocycles. The number of nitro benzene ring substituents is 1. The third-order valence-electron chi connectivity index (χ3n) is 4.80. The smallest absolute Gasteiger partial charge is 0.269 e. The first kappa shape index (κ1) is 21.2. The normalized spacial score (nSPS) is 13.2. The van der Waals surface area contributed by atoms with E-state index in [4.69, 9.17) is 4.43 Å². The van der Waals surface area contributed by atoms with Crippen LogP contribution in [0.4, 0.5) is 5.69 Å². The van der Waals surface area contributed by atoms with Gasteiger partial charge < -0.3 is 4.43 Å². The first-order chi connectivity index (χ1) is 11.3. The van der Waals surface area contributed by atoms with Gasteiger partial charge in [0.25, 0.3) is 5.69 Å². The highest BCUT2D eigenvalue weighted by Gasteiger charge is 2.39. The van der Waals surface area contributed by atoms with E-state index in [2.05, 4.69) is 33.9 Å². The van der Waals surface area contributed by atoms with Crippen LogP contribution >= 0.6 is 0 Å². The van der Waals surface area contributed by atoms with Crippen molar-refractivity contribution >= 4 is 25.9 Å². The fraction of sp³-hybridized carbons (Fsp3) is 0.526. The highest BCUT2D eigenvalue weighted by Crippen LogP contribution is 2.37. The Morgan fingerprint density at radius 1 is 1.16 bits per heavy atom. The molecule has 0 aliphatic heterocycles. The number of non-ortho nitro benzene ring substituents is 1. The molecule has 0 unspecified atom stereocenters. The minimum atomic E-state index is -1.90. The fourth-order valence-corrected chi connectivity index (χ4v) is 2.91. The van der Waals surface area contributed by atoms with Gasteiger partial charge in [0.15, 0.2) is 14.1 Å². The van der Waals surface area contributed by atoms with Crippen molar-refractivity contribution in [2.45, 2.75) is 52.8 Å². The van der Waals surface area contributed by atoms with Crippen molar-refractivity contribution in [1.82, 2.24) is 0 Å². The second-order valence-corrected chi connectivity index (χ2v) is 13.3. The van der Waals surface area contributed by atoms with Gasteiger partial charge in [-0.15, -0.1) is 0 Å². The first-order valence-electron chi connectivity index (χ1n) is 8.37. The third kappa shape index (κ3) is 5.90. The van der Waals surface area contributed by atoms with Crippen molar-refractivity contribution in [2.24, 2.45) is 5.41 Å². The number of ketones is 1. The van der Waals surface area contributed by atoms with Crippen LogP contribution in [0.2, 0.25) is 18.1 Å². The van der Waals surface area contributed by atoms with Crippen LogP contribution in [0.25, 0.3) is 6.08 Å². The number of allylic oxidation sites excluding steroid dienone is 1. The zero-order chi connectivity index (χ0) is 19.5. The van der Waals surface area contributed by atoms with Gasteiger partial charge >= 0.3 is 0 Å². The van der Waals surface area contributed by atoms with Crippen molar-refractivity contribution in [1.29, 1.82) is 0 Å². The fourth-order valence-electron chi connectivity index (χ4n) is 1.75. The Hall–Kier alpha value is -1.79. The quantitative estimate of drug-likeness (QED) is 0.288. The molecule has 25 heavy (non-hydrogen) atoms. The van der Waals surface area contributed by atoms with Crippen LogP contribution in [-0.4, -0.2) is 25.6 Å². The van der Waals surface area contributed by atoms with E-state index in [0.29, 0.717) is 6.61 Å². The Kier molecular flexibility index (Phi) is 6.48. The molecule has 0 aliphatic carbocycles. The molecule has 0 bridgehead atoms. The minimum Gasteiger partial charge on any atom is -0.416 e. The number of benzene rings is 1. The van der Waals surface area contributed by atoms with Crippen LogP contribution in [0.5, 0.6) is 0 Å². The summed E-state index contributed by atoms with van der Waals surface area (Å²) in [5.74, 6) is -0.0236. The van der Waals surface area contributed by atoms with Crippen LogP contribution < -0.4 is 0 Å². The van der Waals surface area contributed by atoms with Gasteiger partial charge in [-0.3, -0.25) is 14.9 Å². The van der Waals surface area contributed by atoms with E-state index < -0.39 is 18.7 Å². The zero-order valence-electron chi connectivity index (χ0n) is 16.3. The molecule has 0 N–H and O–H groups in total. The molecule has 1 rings (SSSR count). The van der Waals surface area contributed by atoms with Gasteiger partial charge in [-0.05, 0) is 41.9 Å². The second-order valence-electron chi connectivity index (χ2n) is 8.48. The van der Waals surface area contributed by atoms with E-state index in [1.807, 2.05) is 13.8 Å². The van der Waals surface area contributed by atoms with Crippen LogP contribution in [0.1, 0.15) is 40.2 Å². The predicted octanol–water partition coefficient (Wildman–Crippen LogP) is 5.23. The van der Waals surface area contributed by atoms with Gasteiger partial charge in [0.05, 0.1) is 4.92 Å². The average molecular weight is 364 g/mol. The summed E-state index contributed by atoms with van der Waals surface area (Å²) < 4.78 is 6.18. The molecule has 0 radical (unpaired) electrons. The lowest BCUT2D eigenvalue weighted by Crippen LogP contribution is -2.44. The molecule has 0 aromatic heterocycles. The molecule has 0 amide bonds. The van der Waals surface area contributed by atoms with Crippen molar-refractivity contribution in [3.05, 3.63) is 46.0 Å². The molecule has 5 nitrogen and oxygen atoms in total. The lowest BCUT2D eigenvalue weighted by atomic mass is 9.89. The number of carbonyl (C=O) groups is 1. The molecule has 0 saturated carbocycles. The monoisotopic (exact) mass is 363 g/mol. The van der Waals surface area contributed by atoms with Crippen molar-refractivity contribution in [2.75, 3.05) is 6.61 Å². The van der Waals surface area contributed by atoms with Gasteiger partial charge in [-0.25, -0.2) is 0 Å². The predicted molar refractivity (Wildman–Crippen MR) is 104 cm³/mol. The summed E-state index contributed by atoms with van der Waals surface area (Å²) >= 11 is 0. The highest BCUT2D eigenvalue weighted by molar-refractivity contribution is 6.74. The van der Waals surface area contributed by atoms with E-state index in [1.54, 1.807) is 18.2 Å². The van der Waals surface area contributed by atoms with E-state index in [-0.39, 0.29) is 16.5 Å². The summed E-state index contributed by atoms with van der Waals surface area (Å²) in [6.45, 7) is 15.0. The average Bonchev–Trinajstić information content (AvgIpc) is 2.50. The maximum absolute atomic E-state index is 12.5. The molecular formula is C19H29NO4Si. The van der Waals surface area contributed by atoms with Crippen molar-refractivity contribution in [3.8, 4) is 0 Å². The lowest BCUT2D eigenvalue weighted by Gasteiger charge is -2.38. The van der Waals surface area contributed by atoms with Crippen LogP contribution in [-0.2, 0) is 9.22 Å². The third-order valence-corrected chi connectivity index (χ3v) is 9.28. The summed E-state index contributed by atoms with van der Waals surface area (Å²) in [4.78, 5) is 22.7. The number of nitro groups is 1.